The highest BCUT2D eigenvalue weighted by Gasteiger charge is 2.13. The molecule has 0 heterocycles. The van der Waals surface area contributed by atoms with Crippen LogP contribution in [0.2, 0.25) is 0 Å². The van der Waals surface area contributed by atoms with E-state index in [9.17, 15) is 4.39 Å². The Morgan fingerprint density at radius 3 is 2.64 bits per heavy atom. The summed E-state index contributed by atoms with van der Waals surface area (Å²) in [6, 6.07) is 10.5. The number of ether oxygens (including phenoxy) is 2. The van der Waals surface area contributed by atoms with Crippen molar-refractivity contribution in [2.75, 3.05) is 34.3 Å². The maximum absolute atomic E-state index is 13.7. The van der Waals surface area contributed by atoms with Crippen molar-refractivity contribution < 1.29 is 13.9 Å². The van der Waals surface area contributed by atoms with Crippen molar-refractivity contribution in [1.82, 2.24) is 10.2 Å². The molecule has 0 aliphatic rings. The third-order valence-corrected chi connectivity index (χ3v) is 4.27. The summed E-state index contributed by atoms with van der Waals surface area (Å²) in [5.74, 6) is 0.914. The van der Waals surface area contributed by atoms with Gasteiger partial charge in [0, 0.05) is 25.2 Å². The molecule has 0 aliphatic carbocycles. The van der Waals surface area contributed by atoms with Crippen LogP contribution < -0.4 is 14.8 Å². The predicted octanol–water partition coefficient (Wildman–Crippen LogP) is 3.83. The van der Waals surface area contributed by atoms with Gasteiger partial charge in [0.2, 0.25) is 0 Å². The molecule has 0 bridgehead atoms. The molecule has 0 atom stereocenters. The second kappa shape index (κ2) is 9.75. The van der Waals surface area contributed by atoms with E-state index < -0.39 is 0 Å². The van der Waals surface area contributed by atoms with Gasteiger partial charge in [-0.1, -0.05) is 18.2 Å². The monoisotopic (exact) mass is 410 g/mol. The van der Waals surface area contributed by atoms with Gasteiger partial charge < -0.3 is 19.7 Å². The number of nitrogens with zero attached hydrogens (tertiary/aromatic N) is 1. The maximum Gasteiger partial charge on any atom is 0.175 e. The highest BCUT2D eigenvalue weighted by molar-refractivity contribution is 9.10. The van der Waals surface area contributed by atoms with Crippen molar-refractivity contribution in [3.8, 4) is 11.5 Å². The van der Waals surface area contributed by atoms with Crippen molar-refractivity contribution >= 4 is 15.9 Å². The lowest BCUT2D eigenvalue weighted by Gasteiger charge is -2.15. The van der Waals surface area contributed by atoms with Crippen LogP contribution in [0.5, 0.6) is 11.5 Å². The predicted molar refractivity (Wildman–Crippen MR) is 102 cm³/mol. The van der Waals surface area contributed by atoms with Crippen molar-refractivity contribution in [2.45, 2.75) is 13.2 Å². The Morgan fingerprint density at radius 2 is 1.96 bits per heavy atom. The van der Waals surface area contributed by atoms with Gasteiger partial charge >= 0.3 is 0 Å². The first kappa shape index (κ1) is 19.7. The molecule has 6 heteroatoms. The molecular weight excluding hydrogens is 387 g/mol. The van der Waals surface area contributed by atoms with Gasteiger partial charge in [-0.15, -0.1) is 0 Å². The average Bonchev–Trinajstić information content (AvgIpc) is 2.58. The van der Waals surface area contributed by atoms with Gasteiger partial charge in [-0.3, -0.25) is 0 Å². The minimum Gasteiger partial charge on any atom is -0.493 e. The van der Waals surface area contributed by atoms with E-state index in [-0.39, 0.29) is 12.4 Å². The van der Waals surface area contributed by atoms with Gasteiger partial charge in [-0.25, -0.2) is 4.39 Å². The number of likely N-dealkylation sites (N-methyl/N-ethyl adjacent to an activating group) is 1. The van der Waals surface area contributed by atoms with Crippen LogP contribution in [0.1, 0.15) is 11.1 Å². The van der Waals surface area contributed by atoms with Gasteiger partial charge in [-0.2, -0.15) is 0 Å². The van der Waals surface area contributed by atoms with E-state index in [0.717, 1.165) is 29.7 Å². The van der Waals surface area contributed by atoms with E-state index in [1.165, 1.54) is 6.07 Å². The van der Waals surface area contributed by atoms with Crippen LogP contribution in [0, 0.1) is 5.82 Å². The van der Waals surface area contributed by atoms with Crippen molar-refractivity contribution in [1.29, 1.82) is 0 Å². The summed E-state index contributed by atoms with van der Waals surface area (Å²) >= 11 is 3.53. The summed E-state index contributed by atoms with van der Waals surface area (Å²) in [5, 5.41) is 3.39. The summed E-state index contributed by atoms with van der Waals surface area (Å²) < 4.78 is 25.8. The van der Waals surface area contributed by atoms with Gasteiger partial charge in [0.1, 0.15) is 12.4 Å². The zero-order valence-electron chi connectivity index (χ0n) is 14.8. The first-order valence-corrected chi connectivity index (χ1v) is 8.88. The molecule has 2 aromatic carbocycles. The van der Waals surface area contributed by atoms with E-state index in [4.69, 9.17) is 9.47 Å². The molecular formula is C19H24BrFN2O2. The number of rotatable bonds is 9. The second-order valence-electron chi connectivity index (χ2n) is 5.97. The Hall–Kier alpha value is -1.63. The quantitative estimate of drug-likeness (QED) is 0.636. The molecule has 1 N–H and O–H groups in total. The minimum absolute atomic E-state index is 0.141. The van der Waals surface area contributed by atoms with Gasteiger partial charge in [0.15, 0.2) is 11.5 Å². The van der Waals surface area contributed by atoms with E-state index in [2.05, 4.69) is 26.1 Å². The van der Waals surface area contributed by atoms with Crippen molar-refractivity contribution in [2.24, 2.45) is 0 Å². The third kappa shape index (κ3) is 5.99. The second-order valence-corrected chi connectivity index (χ2v) is 6.82. The van der Waals surface area contributed by atoms with Gasteiger partial charge in [0.05, 0.1) is 11.6 Å². The number of hydrogen-bond acceptors (Lipinski definition) is 4. The smallest absolute Gasteiger partial charge is 0.175 e. The van der Waals surface area contributed by atoms with Gasteiger partial charge in [0.25, 0.3) is 0 Å². The number of benzene rings is 2. The van der Waals surface area contributed by atoms with E-state index in [1.54, 1.807) is 25.3 Å². The average molecular weight is 411 g/mol. The molecule has 0 radical (unpaired) electrons. The number of nitrogens with one attached hydrogen (secondary N) is 1. The Labute approximate surface area is 157 Å². The summed E-state index contributed by atoms with van der Waals surface area (Å²) in [7, 11) is 5.69. The summed E-state index contributed by atoms with van der Waals surface area (Å²) in [6.45, 7) is 2.75. The zero-order valence-corrected chi connectivity index (χ0v) is 16.4. The fourth-order valence-electron chi connectivity index (χ4n) is 2.32. The van der Waals surface area contributed by atoms with Crippen LogP contribution >= 0.6 is 15.9 Å². The molecule has 2 rings (SSSR count). The molecule has 25 heavy (non-hydrogen) atoms. The summed E-state index contributed by atoms with van der Waals surface area (Å²) in [4.78, 5) is 2.13. The van der Waals surface area contributed by atoms with Crippen LogP contribution in [0.4, 0.5) is 4.39 Å². The van der Waals surface area contributed by atoms with E-state index >= 15 is 0 Å². The molecule has 0 aliphatic heterocycles. The Bertz CT molecular complexity index is 695. The largest absolute Gasteiger partial charge is 0.493 e. The molecule has 0 aromatic heterocycles. The Kier molecular flexibility index (Phi) is 7.68. The fraction of sp³-hybridized carbons (Fsp3) is 0.368. The van der Waals surface area contributed by atoms with E-state index in [0.29, 0.717) is 17.1 Å². The van der Waals surface area contributed by atoms with Crippen LogP contribution in [0.25, 0.3) is 0 Å². The van der Waals surface area contributed by atoms with Gasteiger partial charge in [-0.05, 0) is 53.8 Å². The highest BCUT2D eigenvalue weighted by atomic mass is 79.9. The molecule has 0 amide bonds. The van der Waals surface area contributed by atoms with Crippen molar-refractivity contribution in [3.63, 3.8) is 0 Å². The van der Waals surface area contributed by atoms with Crippen LogP contribution in [-0.4, -0.2) is 39.2 Å². The number of halogens is 2. The molecule has 0 unspecified atom stereocenters. The molecule has 4 nitrogen and oxygen atoms in total. The summed E-state index contributed by atoms with van der Waals surface area (Å²) in [6.07, 6.45) is 0. The molecule has 0 fully saturated rings. The Morgan fingerprint density at radius 1 is 1.20 bits per heavy atom. The fourth-order valence-corrected chi connectivity index (χ4v) is 2.92. The first-order chi connectivity index (χ1) is 12.0. The SMILES string of the molecule is COc1cc(CNCCN(C)C)cc(Br)c1OCc1ccccc1F. The zero-order chi connectivity index (χ0) is 18.2. The van der Waals surface area contributed by atoms with E-state index in [1.807, 2.05) is 26.2 Å². The lowest BCUT2D eigenvalue weighted by atomic mass is 10.2. The maximum atomic E-state index is 13.7. The lowest BCUT2D eigenvalue weighted by molar-refractivity contribution is 0.277. The third-order valence-electron chi connectivity index (χ3n) is 3.68. The number of hydrogen-bond donors (Lipinski definition) is 1. The topological polar surface area (TPSA) is 33.7 Å². The minimum atomic E-state index is -0.278. The molecule has 0 saturated carbocycles. The van der Waals surface area contributed by atoms with Crippen LogP contribution in [-0.2, 0) is 13.2 Å². The molecule has 136 valence electrons. The molecule has 0 spiro atoms. The normalized spacial score (nSPS) is 11.0. The highest BCUT2D eigenvalue weighted by Crippen LogP contribution is 2.37. The molecule has 0 saturated heterocycles. The van der Waals surface area contributed by atoms with Crippen LogP contribution in [0.3, 0.4) is 0 Å². The Balaban J connectivity index is 2.04. The lowest BCUT2D eigenvalue weighted by Crippen LogP contribution is -2.26. The van der Waals surface area contributed by atoms with Crippen molar-refractivity contribution in [3.05, 3.63) is 57.8 Å². The standard InChI is InChI=1S/C19H24BrFN2O2/c1-23(2)9-8-22-12-14-10-16(20)19(18(11-14)24-3)25-13-15-6-4-5-7-17(15)21/h4-7,10-11,22H,8-9,12-13H2,1-3H3. The molecule has 2 aromatic rings. The summed E-state index contributed by atoms with van der Waals surface area (Å²) in [5.41, 5.74) is 1.59. The van der Waals surface area contributed by atoms with Crippen LogP contribution in [0.15, 0.2) is 40.9 Å². The first-order valence-electron chi connectivity index (χ1n) is 8.09. The number of methoxy groups -OCH3 is 1.